The van der Waals surface area contributed by atoms with Gasteiger partial charge in [0.05, 0.1) is 12.6 Å². The fraction of sp³-hybridized carbons (Fsp3) is 0.318. The molecule has 1 saturated heterocycles. The topological polar surface area (TPSA) is 60.7 Å². The molecule has 2 heterocycles. The van der Waals surface area contributed by atoms with Crippen LogP contribution in [0.2, 0.25) is 0 Å². The zero-order valence-corrected chi connectivity index (χ0v) is 15.4. The highest BCUT2D eigenvalue weighted by Crippen LogP contribution is 2.32. The van der Waals surface area contributed by atoms with Crippen LogP contribution in [0.15, 0.2) is 48.7 Å². The number of hydrogen-bond acceptors (Lipinski definition) is 4. The van der Waals surface area contributed by atoms with Crippen LogP contribution in [0.5, 0.6) is 11.5 Å². The van der Waals surface area contributed by atoms with E-state index in [0.29, 0.717) is 22.8 Å². The number of benzene rings is 2. The number of fused-ring (bicyclic) bond motifs is 1. The molecule has 0 atom stereocenters. The highest BCUT2D eigenvalue weighted by molar-refractivity contribution is 6.17. The van der Waals surface area contributed by atoms with Gasteiger partial charge in [-0.25, -0.2) is 0 Å². The lowest BCUT2D eigenvalue weighted by atomic mass is 10.0. The Hall–Kier alpha value is -2.79. The Kier molecular flexibility index (Phi) is 4.86. The van der Waals surface area contributed by atoms with E-state index in [2.05, 4.69) is 0 Å². The number of ether oxygens (including phenoxy) is 2. The Bertz CT molecular complexity index is 952. The number of aromatic hydroxyl groups is 1. The number of carbonyl (C=O) groups is 1. The van der Waals surface area contributed by atoms with E-state index in [0.717, 1.165) is 43.5 Å². The Morgan fingerprint density at radius 1 is 1.19 bits per heavy atom. The van der Waals surface area contributed by atoms with Crippen LogP contribution >= 0.6 is 0 Å². The van der Waals surface area contributed by atoms with Gasteiger partial charge in [0.2, 0.25) is 0 Å². The van der Waals surface area contributed by atoms with Gasteiger partial charge in [0.25, 0.3) is 0 Å². The molecule has 0 saturated carbocycles. The van der Waals surface area contributed by atoms with Gasteiger partial charge in [0, 0.05) is 42.5 Å². The first-order chi connectivity index (χ1) is 13.2. The standard InChI is InChI=1S/C22H23NO4/c1-26-17-7-5-16(6-8-17)22(25)19-14-23(13-15-9-11-27-12-10-15)21-18(19)3-2-4-20(21)24/h2-8,14-15,24H,9-13H2,1H3. The van der Waals surface area contributed by atoms with Crippen LogP contribution in [0.3, 0.4) is 0 Å². The molecule has 1 N–H and O–H groups in total. The zero-order valence-electron chi connectivity index (χ0n) is 15.4. The number of aromatic nitrogens is 1. The minimum absolute atomic E-state index is 0.0565. The maximum Gasteiger partial charge on any atom is 0.195 e. The normalized spacial score (nSPS) is 15.1. The van der Waals surface area contributed by atoms with E-state index < -0.39 is 0 Å². The van der Waals surface area contributed by atoms with Crippen molar-refractivity contribution in [2.45, 2.75) is 19.4 Å². The van der Waals surface area contributed by atoms with Crippen molar-refractivity contribution in [3.05, 3.63) is 59.8 Å². The van der Waals surface area contributed by atoms with E-state index in [1.807, 2.05) is 16.8 Å². The Morgan fingerprint density at radius 3 is 2.63 bits per heavy atom. The van der Waals surface area contributed by atoms with Gasteiger partial charge in [0.1, 0.15) is 11.5 Å². The van der Waals surface area contributed by atoms with Crippen molar-refractivity contribution >= 4 is 16.7 Å². The molecule has 5 nitrogen and oxygen atoms in total. The van der Waals surface area contributed by atoms with Crippen LogP contribution in [-0.4, -0.2) is 35.8 Å². The molecular weight excluding hydrogens is 342 g/mol. The highest BCUT2D eigenvalue weighted by atomic mass is 16.5. The minimum Gasteiger partial charge on any atom is -0.506 e. The fourth-order valence-electron chi connectivity index (χ4n) is 3.77. The first-order valence-corrected chi connectivity index (χ1v) is 9.24. The van der Waals surface area contributed by atoms with Crippen LogP contribution in [0.25, 0.3) is 10.9 Å². The van der Waals surface area contributed by atoms with Crippen molar-refractivity contribution in [2.24, 2.45) is 5.92 Å². The lowest BCUT2D eigenvalue weighted by molar-refractivity contribution is 0.0616. The van der Waals surface area contributed by atoms with Crippen molar-refractivity contribution in [3.63, 3.8) is 0 Å². The number of phenols is 1. The van der Waals surface area contributed by atoms with Gasteiger partial charge in [-0.15, -0.1) is 0 Å². The molecule has 27 heavy (non-hydrogen) atoms. The number of rotatable bonds is 5. The van der Waals surface area contributed by atoms with E-state index in [9.17, 15) is 9.90 Å². The molecular formula is C22H23NO4. The summed E-state index contributed by atoms with van der Waals surface area (Å²) in [6, 6.07) is 12.5. The lowest BCUT2D eigenvalue weighted by Crippen LogP contribution is -2.20. The van der Waals surface area contributed by atoms with Crippen LogP contribution < -0.4 is 4.74 Å². The number of hydrogen-bond donors (Lipinski definition) is 1. The maximum atomic E-state index is 13.1. The molecule has 1 aliphatic heterocycles. The third-order valence-corrected chi connectivity index (χ3v) is 5.27. The second-order valence-corrected chi connectivity index (χ2v) is 6.98. The first kappa shape index (κ1) is 17.6. The maximum absolute atomic E-state index is 13.1. The van der Waals surface area contributed by atoms with Crippen molar-refractivity contribution in [1.82, 2.24) is 4.57 Å². The number of phenolic OH excluding ortho intramolecular Hbond substituents is 1. The van der Waals surface area contributed by atoms with Crippen LogP contribution in [0, 0.1) is 5.92 Å². The molecule has 0 unspecified atom stereocenters. The Morgan fingerprint density at radius 2 is 1.93 bits per heavy atom. The summed E-state index contributed by atoms with van der Waals surface area (Å²) in [5.74, 6) is 1.34. The van der Waals surface area contributed by atoms with Crippen LogP contribution in [-0.2, 0) is 11.3 Å². The quantitative estimate of drug-likeness (QED) is 0.694. The smallest absolute Gasteiger partial charge is 0.195 e. The summed E-state index contributed by atoms with van der Waals surface area (Å²) in [7, 11) is 1.60. The molecule has 1 aliphatic rings. The van der Waals surface area contributed by atoms with Gasteiger partial charge < -0.3 is 19.1 Å². The minimum atomic E-state index is -0.0565. The summed E-state index contributed by atoms with van der Waals surface area (Å²) in [6.45, 7) is 2.31. The molecule has 140 valence electrons. The first-order valence-electron chi connectivity index (χ1n) is 9.24. The van der Waals surface area contributed by atoms with Crippen LogP contribution in [0.4, 0.5) is 0 Å². The summed E-state index contributed by atoms with van der Waals surface area (Å²) in [6.07, 6.45) is 3.87. The molecule has 0 spiro atoms. The van der Waals surface area contributed by atoms with Crippen molar-refractivity contribution in [1.29, 1.82) is 0 Å². The molecule has 5 heteroatoms. The number of nitrogens with zero attached hydrogens (tertiary/aromatic N) is 1. The van der Waals surface area contributed by atoms with Gasteiger partial charge in [-0.1, -0.05) is 12.1 Å². The van der Waals surface area contributed by atoms with Gasteiger partial charge in [-0.2, -0.15) is 0 Å². The molecule has 3 aromatic rings. The van der Waals surface area contributed by atoms with Crippen molar-refractivity contribution in [2.75, 3.05) is 20.3 Å². The molecule has 0 amide bonds. The number of methoxy groups -OCH3 is 1. The summed E-state index contributed by atoms with van der Waals surface area (Å²) in [5.41, 5.74) is 1.93. The molecule has 1 fully saturated rings. The molecule has 4 rings (SSSR count). The van der Waals surface area contributed by atoms with Crippen molar-refractivity contribution in [3.8, 4) is 11.5 Å². The fourth-order valence-corrected chi connectivity index (χ4v) is 3.77. The third-order valence-electron chi connectivity index (χ3n) is 5.27. The van der Waals surface area contributed by atoms with Gasteiger partial charge >= 0.3 is 0 Å². The van der Waals surface area contributed by atoms with Gasteiger partial charge in [-0.3, -0.25) is 4.79 Å². The Labute approximate surface area is 158 Å². The van der Waals surface area contributed by atoms with Crippen molar-refractivity contribution < 1.29 is 19.4 Å². The van der Waals surface area contributed by atoms with E-state index >= 15 is 0 Å². The molecule has 0 radical (unpaired) electrons. The molecule has 0 bridgehead atoms. The summed E-state index contributed by atoms with van der Waals surface area (Å²) < 4.78 is 12.6. The van der Waals surface area contributed by atoms with Crippen LogP contribution in [0.1, 0.15) is 28.8 Å². The third kappa shape index (κ3) is 3.43. The van der Waals surface area contributed by atoms with E-state index in [-0.39, 0.29) is 11.5 Å². The summed E-state index contributed by atoms with van der Waals surface area (Å²) >= 11 is 0. The second kappa shape index (κ2) is 7.45. The lowest BCUT2D eigenvalue weighted by Gasteiger charge is -2.22. The van der Waals surface area contributed by atoms with E-state index in [4.69, 9.17) is 9.47 Å². The number of carbonyl (C=O) groups excluding carboxylic acids is 1. The SMILES string of the molecule is COc1ccc(C(=O)c2cn(CC3CCOCC3)c3c(O)cccc23)cc1. The van der Waals surface area contributed by atoms with Gasteiger partial charge in [0.15, 0.2) is 5.78 Å². The Balaban J connectivity index is 1.73. The number of para-hydroxylation sites is 1. The summed E-state index contributed by atoms with van der Waals surface area (Å²) in [4.78, 5) is 13.1. The summed E-state index contributed by atoms with van der Waals surface area (Å²) in [5, 5.41) is 11.2. The molecule has 1 aromatic heterocycles. The molecule has 0 aliphatic carbocycles. The van der Waals surface area contributed by atoms with E-state index in [1.165, 1.54) is 0 Å². The average Bonchev–Trinajstić information content (AvgIpc) is 3.08. The monoisotopic (exact) mass is 365 g/mol. The largest absolute Gasteiger partial charge is 0.506 e. The van der Waals surface area contributed by atoms with Gasteiger partial charge in [-0.05, 0) is 49.1 Å². The number of ketones is 1. The zero-order chi connectivity index (χ0) is 18.8. The van der Waals surface area contributed by atoms with E-state index in [1.54, 1.807) is 43.5 Å². The average molecular weight is 365 g/mol. The second-order valence-electron chi connectivity index (χ2n) is 6.98. The predicted octanol–water partition coefficient (Wildman–Crippen LogP) is 4.01. The molecule has 2 aromatic carbocycles. The predicted molar refractivity (Wildman–Crippen MR) is 104 cm³/mol. The highest BCUT2D eigenvalue weighted by Gasteiger charge is 2.21.